The SMILES string of the molecule is CN(Cc1ccc(F)cc1Br)CC1CCCN1C. The molecule has 4 heteroatoms. The molecule has 0 aliphatic carbocycles. The van der Waals surface area contributed by atoms with Gasteiger partial charge in [0.05, 0.1) is 0 Å². The summed E-state index contributed by atoms with van der Waals surface area (Å²) in [6.45, 7) is 3.13. The molecule has 1 heterocycles. The van der Waals surface area contributed by atoms with Crippen molar-refractivity contribution in [3.05, 3.63) is 34.1 Å². The molecule has 1 aliphatic heterocycles. The van der Waals surface area contributed by atoms with Crippen molar-refractivity contribution in [2.24, 2.45) is 0 Å². The molecule has 1 aromatic carbocycles. The topological polar surface area (TPSA) is 6.48 Å². The van der Waals surface area contributed by atoms with Crippen molar-refractivity contribution >= 4 is 15.9 Å². The van der Waals surface area contributed by atoms with Gasteiger partial charge in [-0.2, -0.15) is 0 Å². The summed E-state index contributed by atoms with van der Waals surface area (Å²) >= 11 is 3.42. The third-order valence-electron chi connectivity index (χ3n) is 3.65. The summed E-state index contributed by atoms with van der Waals surface area (Å²) in [5.74, 6) is -0.191. The largest absolute Gasteiger partial charge is 0.302 e. The van der Waals surface area contributed by atoms with Crippen LogP contribution < -0.4 is 0 Å². The lowest BCUT2D eigenvalue weighted by Gasteiger charge is -2.26. The van der Waals surface area contributed by atoms with E-state index in [9.17, 15) is 4.39 Å². The predicted molar refractivity (Wildman–Crippen MR) is 76.1 cm³/mol. The first-order valence-corrected chi connectivity index (χ1v) is 7.18. The van der Waals surface area contributed by atoms with Gasteiger partial charge in [-0.1, -0.05) is 22.0 Å². The van der Waals surface area contributed by atoms with Gasteiger partial charge in [-0.3, -0.25) is 0 Å². The maximum Gasteiger partial charge on any atom is 0.124 e. The van der Waals surface area contributed by atoms with Crippen molar-refractivity contribution in [3.63, 3.8) is 0 Å². The number of benzene rings is 1. The van der Waals surface area contributed by atoms with Crippen LogP contribution >= 0.6 is 15.9 Å². The van der Waals surface area contributed by atoms with Crippen LogP contribution in [0.15, 0.2) is 22.7 Å². The summed E-state index contributed by atoms with van der Waals surface area (Å²) in [4.78, 5) is 4.74. The molecule has 2 nitrogen and oxygen atoms in total. The minimum atomic E-state index is -0.191. The van der Waals surface area contributed by atoms with E-state index < -0.39 is 0 Å². The standard InChI is InChI=1S/C14H20BrFN2/c1-17(10-13-4-3-7-18(13)2)9-11-5-6-12(16)8-14(11)15/h5-6,8,13H,3-4,7,9-10H2,1-2H3. The molecular formula is C14H20BrFN2. The molecular weight excluding hydrogens is 295 g/mol. The highest BCUT2D eigenvalue weighted by molar-refractivity contribution is 9.10. The Morgan fingerprint density at radius 3 is 2.89 bits per heavy atom. The molecule has 1 fully saturated rings. The van der Waals surface area contributed by atoms with Gasteiger partial charge in [-0.25, -0.2) is 4.39 Å². The van der Waals surface area contributed by atoms with E-state index in [4.69, 9.17) is 0 Å². The zero-order chi connectivity index (χ0) is 13.1. The van der Waals surface area contributed by atoms with Crippen molar-refractivity contribution in [1.82, 2.24) is 9.80 Å². The van der Waals surface area contributed by atoms with Gasteiger partial charge in [0.2, 0.25) is 0 Å². The maximum absolute atomic E-state index is 13.0. The summed E-state index contributed by atoms with van der Waals surface area (Å²) in [7, 11) is 4.32. The normalized spacial score (nSPS) is 20.8. The van der Waals surface area contributed by atoms with Gasteiger partial charge in [0, 0.05) is 23.6 Å². The fraction of sp³-hybridized carbons (Fsp3) is 0.571. The third kappa shape index (κ3) is 3.53. The van der Waals surface area contributed by atoms with E-state index in [0.29, 0.717) is 6.04 Å². The minimum Gasteiger partial charge on any atom is -0.302 e. The number of hydrogen-bond acceptors (Lipinski definition) is 2. The van der Waals surface area contributed by atoms with Crippen LogP contribution in [-0.2, 0) is 6.54 Å². The van der Waals surface area contributed by atoms with Gasteiger partial charge in [-0.15, -0.1) is 0 Å². The Bertz CT molecular complexity index is 411. The molecule has 0 N–H and O–H groups in total. The molecule has 0 bridgehead atoms. The molecule has 1 aromatic rings. The molecule has 0 spiro atoms. The second kappa shape index (κ2) is 6.13. The van der Waals surface area contributed by atoms with Crippen molar-refractivity contribution in [2.75, 3.05) is 27.2 Å². The molecule has 18 heavy (non-hydrogen) atoms. The summed E-state index contributed by atoms with van der Waals surface area (Å²) in [6, 6.07) is 5.57. The van der Waals surface area contributed by atoms with Crippen LogP contribution in [0.5, 0.6) is 0 Å². The van der Waals surface area contributed by atoms with Gasteiger partial charge >= 0.3 is 0 Å². The van der Waals surface area contributed by atoms with Crippen LogP contribution in [-0.4, -0.2) is 43.0 Å². The fourth-order valence-electron chi connectivity index (χ4n) is 2.57. The Hall–Kier alpha value is -0.450. The van der Waals surface area contributed by atoms with Gasteiger partial charge in [0.25, 0.3) is 0 Å². The lowest BCUT2D eigenvalue weighted by molar-refractivity contribution is 0.215. The van der Waals surface area contributed by atoms with Crippen LogP contribution in [0, 0.1) is 5.82 Å². The molecule has 100 valence electrons. The van der Waals surface area contributed by atoms with E-state index in [1.807, 2.05) is 6.07 Å². The van der Waals surface area contributed by atoms with Gasteiger partial charge in [-0.05, 0) is 51.2 Å². The number of likely N-dealkylation sites (tertiary alicyclic amines) is 1. The predicted octanol–water partition coefficient (Wildman–Crippen LogP) is 3.11. The molecule has 0 radical (unpaired) electrons. The van der Waals surface area contributed by atoms with E-state index in [1.54, 1.807) is 0 Å². The zero-order valence-electron chi connectivity index (χ0n) is 11.0. The van der Waals surface area contributed by atoms with Crippen molar-refractivity contribution in [2.45, 2.75) is 25.4 Å². The molecule has 0 saturated carbocycles. The van der Waals surface area contributed by atoms with Crippen LogP contribution in [0.2, 0.25) is 0 Å². The van der Waals surface area contributed by atoms with Crippen molar-refractivity contribution in [3.8, 4) is 0 Å². The van der Waals surface area contributed by atoms with E-state index in [2.05, 4.69) is 39.8 Å². The highest BCUT2D eigenvalue weighted by atomic mass is 79.9. The van der Waals surface area contributed by atoms with E-state index >= 15 is 0 Å². The van der Waals surface area contributed by atoms with Crippen LogP contribution in [0.3, 0.4) is 0 Å². The molecule has 0 aromatic heterocycles. The van der Waals surface area contributed by atoms with Gasteiger partial charge < -0.3 is 9.80 Å². The summed E-state index contributed by atoms with van der Waals surface area (Å²) < 4.78 is 13.9. The molecule has 2 rings (SSSR count). The molecule has 1 atom stereocenters. The fourth-order valence-corrected chi connectivity index (χ4v) is 3.05. The lowest BCUT2D eigenvalue weighted by Crippen LogP contribution is -2.36. The number of rotatable bonds is 4. The smallest absolute Gasteiger partial charge is 0.124 e. The zero-order valence-corrected chi connectivity index (χ0v) is 12.6. The average Bonchev–Trinajstić information content (AvgIpc) is 2.69. The summed E-state index contributed by atoms with van der Waals surface area (Å²) in [6.07, 6.45) is 2.58. The molecule has 0 amide bonds. The molecule has 1 unspecified atom stereocenters. The summed E-state index contributed by atoms with van der Waals surface area (Å²) in [5.41, 5.74) is 1.14. The number of hydrogen-bond donors (Lipinski definition) is 0. The number of nitrogens with zero attached hydrogens (tertiary/aromatic N) is 2. The number of halogens is 2. The van der Waals surface area contributed by atoms with Gasteiger partial charge in [0.1, 0.15) is 5.82 Å². The van der Waals surface area contributed by atoms with Crippen LogP contribution in [0.25, 0.3) is 0 Å². The highest BCUT2D eigenvalue weighted by Gasteiger charge is 2.22. The monoisotopic (exact) mass is 314 g/mol. The van der Waals surface area contributed by atoms with E-state index in [-0.39, 0.29) is 5.82 Å². The van der Waals surface area contributed by atoms with Crippen LogP contribution in [0.1, 0.15) is 18.4 Å². The Morgan fingerprint density at radius 1 is 1.50 bits per heavy atom. The first kappa shape index (κ1) is 14.0. The van der Waals surface area contributed by atoms with Crippen molar-refractivity contribution < 1.29 is 4.39 Å². The maximum atomic E-state index is 13.0. The Morgan fingerprint density at radius 2 is 2.28 bits per heavy atom. The quantitative estimate of drug-likeness (QED) is 0.842. The van der Waals surface area contributed by atoms with Gasteiger partial charge in [0.15, 0.2) is 0 Å². The van der Waals surface area contributed by atoms with Crippen molar-refractivity contribution in [1.29, 1.82) is 0 Å². The molecule has 1 aliphatic rings. The number of likely N-dealkylation sites (N-methyl/N-ethyl adjacent to an activating group) is 2. The second-order valence-corrected chi connectivity index (χ2v) is 6.06. The highest BCUT2D eigenvalue weighted by Crippen LogP contribution is 2.21. The summed E-state index contributed by atoms with van der Waals surface area (Å²) in [5, 5.41) is 0. The first-order valence-electron chi connectivity index (χ1n) is 6.39. The lowest BCUT2D eigenvalue weighted by atomic mass is 10.2. The average molecular weight is 315 g/mol. The van der Waals surface area contributed by atoms with Crippen LogP contribution in [0.4, 0.5) is 4.39 Å². The third-order valence-corrected chi connectivity index (χ3v) is 4.39. The second-order valence-electron chi connectivity index (χ2n) is 5.21. The molecule has 1 saturated heterocycles. The first-order chi connectivity index (χ1) is 8.56. The van der Waals surface area contributed by atoms with E-state index in [1.165, 1.54) is 31.5 Å². The Labute approximate surface area is 117 Å². The Kier molecular flexibility index (Phi) is 4.76. The minimum absolute atomic E-state index is 0.191. The Balaban J connectivity index is 1.92. The van der Waals surface area contributed by atoms with E-state index in [0.717, 1.165) is 23.1 Å².